The highest BCUT2D eigenvalue weighted by atomic mass is 35.5. The Hall–Kier alpha value is -1.63. The van der Waals surface area contributed by atoms with Gasteiger partial charge in [-0.3, -0.25) is 19.2 Å². The minimum Gasteiger partial charge on any atom is -0.404 e. The van der Waals surface area contributed by atoms with E-state index in [1.807, 2.05) is 0 Å². The number of benzene rings is 2. The van der Waals surface area contributed by atoms with Crippen molar-refractivity contribution in [1.29, 1.82) is 0 Å². The SMILES string of the molecule is O=[N+]([O-])c1ccc(O[P@@]2(=O)OCC[C@H](c3cc(Cl)cc(Cl)c3)O2)cc1. The quantitative estimate of drug-likeness (QED) is 0.376. The zero-order chi connectivity index (χ0) is 18.0. The van der Waals surface area contributed by atoms with E-state index in [0.29, 0.717) is 22.0 Å². The second-order valence-corrected chi connectivity index (χ2v) is 7.63. The molecule has 1 aliphatic heterocycles. The minimum absolute atomic E-state index is 0.109. The molecule has 25 heavy (non-hydrogen) atoms. The highest BCUT2D eigenvalue weighted by Crippen LogP contribution is 2.56. The Labute approximate surface area is 153 Å². The first-order valence-corrected chi connectivity index (χ1v) is 9.39. The molecular weight excluding hydrogens is 392 g/mol. The van der Waals surface area contributed by atoms with Crippen LogP contribution in [0.3, 0.4) is 0 Å². The Balaban J connectivity index is 1.77. The molecule has 2 aromatic carbocycles. The van der Waals surface area contributed by atoms with E-state index in [4.69, 9.17) is 36.8 Å². The van der Waals surface area contributed by atoms with Crippen LogP contribution in [0.1, 0.15) is 18.1 Å². The third-order valence-electron chi connectivity index (χ3n) is 3.41. The number of hydrogen-bond donors (Lipinski definition) is 0. The first-order valence-electron chi connectivity index (χ1n) is 7.18. The third-order valence-corrected chi connectivity index (χ3v) is 5.29. The van der Waals surface area contributed by atoms with Gasteiger partial charge in [-0.25, -0.2) is 4.57 Å². The van der Waals surface area contributed by atoms with Crippen LogP contribution in [-0.4, -0.2) is 11.5 Å². The maximum Gasteiger partial charge on any atom is 0.530 e. The molecule has 1 saturated heterocycles. The van der Waals surface area contributed by atoms with Crippen LogP contribution >= 0.6 is 31.0 Å². The Morgan fingerprint density at radius 2 is 1.80 bits per heavy atom. The summed E-state index contributed by atoms with van der Waals surface area (Å²) < 4.78 is 28.7. The predicted octanol–water partition coefficient (Wildman–Crippen LogP) is 5.57. The molecule has 0 N–H and O–H groups in total. The molecule has 2 aromatic rings. The topological polar surface area (TPSA) is 87.9 Å². The third kappa shape index (κ3) is 4.51. The van der Waals surface area contributed by atoms with Gasteiger partial charge in [0.25, 0.3) is 5.69 Å². The zero-order valence-corrected chi connectivity index (χ0v) is 15.0. The van der Waals surface area contributed by atoms with Crippen LogP contribution in [0.2, 0.25) is 10.0 Å². The maximum absolute atomic E-state index is 12.7. The zero-order valence-electron chi connectivity index (χ0n) is 12.6. The predicted molar refractivity (Wildman–Crippen MR) is 92.2 cm³/mol. The summed E-state index contributed by atoms with van der Waals surface area (Å²) in [5.74, 6) is 0.138. The van der Waals surface area contributed by atoms with Crippen LogP contribution in [-0.2, 0) is 13.6 Å². The van der Waals surface area contributed by atoms with Crippen molar-refractivity contribution in [2.45, 2.75) is 12.5 Å². The van der Waals surface area contributed by atoms with E-state index in [0.717, 1.165) is 0 Å². The monoisotopic (exact) mass is 403 g/mol. The van der Waals surface area contributed by atoms with Gasteiger partial charge in [0.1, 0.15) is 5.75 Å². The minimum atomic E-state index is -3.88. The lowest BCUT2D eigenvalue weighted by Crippen LogP contribution is -2.16. The normalized spacial score (nSPS) is 23.2. The van der Waals surface area contributed by atoms with Gasteiger partial charge in [0.15, 0.2) is 0 Å². The average molecular weight is 404 g/mol. The average Bonchev–Trinajstić information content (AvgIpc) is 2.54. The van der Waals surface area contributed by atoms with E-state index >= 15 is 0 Å². The Morgan fingerprint density at radius 1 is 1.16 bits per heavy atom. The van der Waals surface area contributed by atoms with Crippen molar-refractivity contribution in [2.75, 3.05) is 6.61 Å². The van der Waals surface area contributed by atoms with E-state index in [1.54, 1.807) is 18.2 Å². The lowest BCUT2D eigenvalue weighted by Gasteiger charge is -2.29. The number of nitrogens with zero attached hydrogens (tertiary/aromatic N) is 1. The van der Waals surface area contributed by atoms with Crippen LogP contribution < -0.4 is 4.52 Å². The van der Waals surface area contributed by atoms with Gasteiger partial charge in [-0.2, -0.15) is 0 Å². The summed E-state index contributed by atoms with van der Waals surface area (Å²) in [5, 5.41) is 11.5. The van der Waals surface area contributed by atoms with Gasteiger partial charge in [0, 0.05) is 28.6 Å². The molecule has 1 heterocycles. The molecule has 132 valence electrons. The van der Waals surface area contributed by atoms with Crippen LogP contribution in [0.5, 0.6) is 5.75 Å². The van der Waals surface area contributed by atoms with Crippen molar-refractivity contribution < 1.29 is 23.1 Å². The molecule has 0 amide bonds. The lowest BCUT2D eigenvalue weighted by atomic mass is 10.1. The second kappa shape index (κ2) is 7.32. The molecule has 1 aliphatic rings. The highest BCUT2D eigenvalue weighted by molar-refractivity contribution is 7.49. The summed E-state index contributed by atoms with van der Waals surface area (Å²) in [6.45, 7) is 0.152. The summed E-state index contributed by atoms with van der Waals surface area (Å²) in [5.41, 5.74) is 0.552. The van der Waals surface area contributed by atoms with E-state index in [2.05, 4.69) is 0 Å². The lowest BCUT2D eigenvalue weighted by molar-refractivity contribution is -0.384. The molecule has 2 atom stereocenters. The van der Waals surface area contributed by atoms with Gasteiger partial charge in [-0.1, -0.05) is 23.2 Å². The number of phosphoric ester groups is 1. The van der Waals surface area contributed by atoms with Gasteiger partial charge in [-0.15, -0.1) is 0 Å². The number of nitro benzene ring substituents is 1. The number of rotatable bonds is 4. The van der Waals surface area contributed by atoms with Crippen molar-refractivity contribution in [2.24, 2.45) is 0 Å². The first kappa shape index (κ1) is 18.2. The second-order valence-electron chi connectivity index (χ2n) is 5.21. The van der Waals surface area contributed by atoms with Crippen LogP contribution in [0.25, 0.3) is 0 Å². The fourth-order valence-corrected chi connectivity index (χ4v) is 4.25. The molecule has 0 aliphatic carbocycles. The van der Waals surface area contributed by atoms with Crippen molar-refractivity contribution in [3.05, 3.63) is 68.2 Å². The van der Waals surface area contributed by atoms with Gasteiger partial charge in [0.05, 0.1) is 17.6 Å². The summed E-state index contributed by atoms with van der Waals surface area (Å²) in [6.07, 6.45) is -0.113. The summed E-state index contributed by atoms with van der Waals surface area (Å²) in [4.78, 5) is 10.1. The molecule has 0 unspecified atom stereocenters. The van der Waals surface area contributed by atoms with Crippen molar-refractivity contribution in [3.8, 4) is 5.75 Å². The number of nitro groups is 1. The van der Waals surface area contributed by atoms with Crippen LogP contribution in [0, 0.1) is 10.1 Å². The molecular formula is C15H12Cl2NO6P. The standard InChI is InChI=1S/C15H12Cl2NO6P/c16-11-7-10(8-12(17)9-11)15-5-6-22-25(21,24-15)23-14-3-1-13(2-4-14)18(19)20/h1-4,7-9,15H,5-6H2/t15-,25-/m1/s1. The van der Waals surface area contributed by atoms with E-state index < -0.39 is 18.8 Å². The van der Waals surface area contributed by atoms with E-state index in [-0.39, 0.29) is 18.0 Å². The van der Waals surface area contributed by atoms with E-state index in [1.165, 1.54) is 24.3 Å². The number of hydrogen-bond acceptors (Lipinski definition) is 6. The molecule has 0 saturated carbocycles. The highest BCUT2D eigenvalue weighted by Gasteiger charge is 2.37. The Bertz CT molecular complexity index is 824. The molecule has 0 aromatic heterocycles. The van der Waals surface area contributed by atoms with E-state index in [9.17, 15) is 14.7 Å². The van der Waals surface area contributed by atoms with Gasteiger partial charge >= 0.3 is 7.82 Å². The summed E-state index contributed by atoms with van der Waals surface area (Å²) in [7, 11) is -3.88. The molecule has 10 heteroatoms. The van der Waals surface area contributed by atoms with Gasteiger partial charge in [0.2, 0.25) is 0 Å². The Kier molecular flexibility index (Phi) is 5.32. The van der Waals surface area contributed by atoms with Gasteiger partial charge < -0.3 is 4.52 Å². The maximum atomic E-state index is 12.7. The fourth-order valence-electron chi connectivity index (χ4n) is 2.30. The number of halogens is 2. The fraction of sp³-hybridized carbons (Fsp3) is 0.200. The van der Waals surface area contributed by atoms with Crippen LogP contribution in [0.4, 0.5) is 5.69 Å². The molecule has 0 radical (unpaired) electrons. The summed E-state index contributed by atoms with van der Waals surface area (Å²) in [6, 6.07) is 10.0. The molecule has 1 fully saturated rings. The first-order chi connectivity index (χ1) is 11.8. The molecule has 0 bridgehead atoms. The summed E-state index contributed by atoms with van der Waals surface area (Å²) >= 11 is 12.0. The largest absolute Gasteiger partial charge is 0.530 e. The number of non-ortho nitro benzene ring substituents is 1. The molecule has 7 nitrogen and oxygen atoms in total. The Morgan fingerprint density at radius 3 is 2.40 bits per heavy atom. The van der Waals surface area contributed by atoms with Crippen molar-refractivity contribution >= 4 is 36.7 Å². The smallest absolute Gasteiger partial charge is 0.404 e. The van der Waals surface area contributed by atoms with Crippen molar-refractivity contribution in [3.63, 3.8) is 0 Å². The van der Waals surface area contributed by atoms with Crippen LogP contribution in [0.15, 0.2) is 42.5 Å². The number of phosphoric acid groups is 1. The molecule has 0 spiro atoms. The molecule has 3 rings (SSSR count). The van der Waals surface area contributed by atoms with Crippen molar-refractivity contribution in [1.82, 2.24) is 0 Å². The van der Waals surface area contributed by atoms with Gasteiger partial charge in [-0.05, 0) is 35.9 Å².